The molecule has 0 fully saturated rings. The Morgan fingerprint density at radius 2 is 0.963 bits per heavy atom. The largest absolute Gasteiger partial charge is 2.00 e. The van der Waals surface area contributed by atoms with Gasteiger partial charge in [-0.2, -0.15) is 0 Å². The average Bonchev–Trinajstić information content (AvgIpc) is 2.59. The van der Waals surface area contributed by atoms with E-state index in [1.54, 1.807) is 24.3 Å². The minimum absolute atomic E-state index is 0. The van der Waals surface area contributed by atoms with E-state index in [2.05, 4.69) is 0 Å². The van der Waals surface area contributed by atoms with Gasteiger partial charge in [-0.3, -0.25) is 9.59 Å². The van der Waals surface area contributed by atoms with E-state index in [1.165, 1.54) is 24.3 Å². The van der Waals surface area contributed by atoms with Crippen molar-refractivity contribution in [2.24, 2.45) is 0 Å². The van der Waals surface area contributed by atoms with E-state index in [1.807, 2.05) is 0 Å². The third-order valence-electron chi connectivity index (χ3n) is 3.35. The Morgan fingerprint density at radius 1 is 0.704 bits per heavy atom. The second-order valence-electron chi connectivity index (χ2n) is 5.52. The number of hydrogen-bond donors (Lipinski definition) is 4. The number of aliphatic carboxylic acids is 2. The first-order chi connectivity index (χ1) is 12.2. The first kappa shape index (κ1) is 24.4. The Bertz CT molecular complexity index is 658. The molecule has 0 aliphatic heterocycles. The van der Waals surface area contributed by atoms with Crippen molar-refractivity contribution in [3.05, 3.63) is 71.1 Å². The first-order valence-electron chi connectivity index (χ1n) is 7.62. The van der Waals surface area contributed by atoms with Gasteiger partial charge in [-0.05, 0) is 60.3 Å². The Balaban J connectivity index is 0.000000483. The summed E-state index contributed by atoms with van der Waals surface area (Å²) in [5.74, 6) is -1.98. The topological polar surface area (TPSA) is 163 Å². The Hall–Kier alpha value is -2.58. The smallest absolute Gasteiger partial charge is 0.665 e. The monoisotopic (exact) mass is 415 g/mol. The van der Waals surface area contributed by atoms with Crippen LogP contribution in [0.5, 0.6) is 11.5 Å². The zero-order chi connectivity index (χ0) is 19.7. The number of carboxylic acids is 2. The van der Waals surface area contributed by atoms with Gasteiger partial charge in [0.15, 0.2) is 0 Å². The van der Waals surface area contributed by atoms with Gasteiger partial charge in [0.05, 0.1) is 0 Å². The molecule has 2 rings (SSSR count). The summed E-state index contributed by atoms with van der Waals surface area (Å²) in [6.07, 6.45) is 0.325. The van der Waals surface area contributed by atoms with E-state index in [0.717, 1.165) is 11.1 Å². The zero-order valence-electron chi connectivity index (χ0n) is 14.2. The number of carboxylic acid groups (broad SMARTS) is 2. The Kier molecular flexibility index (Phi) is 10.8. The standard InChI is InChI=1S/2C9H10NO3.Mn/c2*10-8(9(12)13)5-6-1-3-7(11)4-2-6;/h2*1-4,8,10-11H,5H2,(H,12,13);/q2*-1;+2/t2*8-;/m00./s1. The number of nitrogens with one attached hydrogen (secondary N) is 2. The molecule has 1 radical (unpaired) electrons. The fraction of sp³-hybridized carbons (Fsp3) is 0.222. The van der Waals surface area contributed by atoms with E-state index in [9.17, 15) is 9.59 Å². The summed E-state index contributed by atoms with van der Waals surface area (Å²) in [4.78, 5) is 20.7. The minimum atomic E-state index is -1.13. The summed E-state index contributed by atoms with van der Waals surface area (Å²) in [6.45, 7) is 0. The maximum absolute atomic E-state index is 10.3. The van der Waals surface area contributed by atoms with Crippen molar-refractivity contribution in [2.45, 2.75) is 24.9 Å². The maximum atomic E-state index is 10.3. The van der Waals surface area contributed by atoms with E-state index in [-0.39, 0.29) is 41.4 Å². The summed E-state index contributed by atoms with van der Waals surface area (Å²) >= 11 is 0. The van der Waals surface area contributed by atoms with E-state index >= 15 is 0 Å². The van der Waals surface area contributed by atoms with E-state index in [4.69, 9.17) is 31.9 Å². The summed E-state index contributed by atoms with van der Waals surface area (Å²) in [6, 6.07) is 10.1. The maximum Gasteiger partial charge on any atom is 2.00 e. The molecule has 0 aliphatic carbocycles. The summed E-state index contributed by atoms with van der Waals surface area (Å²) in [5, 5.41) is 34.8. The fourth-order valence-corrected chi connectivity index (χ4v) is 1.91. The molecule has 0 saturated heterocycles. The molecule has 145 valence electrons. The number of carbonyl (C=O) groups is 2. The Morgan fingerprint density at radius 3 is 1.19 bits per heavy atom. The van der Waals surface area contributed by atoms with Crippen molar-refractivity contribution in [1.82, 2.24) is 0 Å². The molecular formula is C18H20MnN2O6. The zero-order valence-corrected chi connectivity index (χ0v) is 15.4. The van der Waals surface area contributed by atoms with E-state index in [0.29, 0.717) is 0 Å². The van der Waals surface area contributed by atoms with Gasteiger partial charge in [0, 0.05) is 0 Å². The van der Waals surface area contributed by atoms with Crippen molar-refractivity contribution in [2.75, 3.05) is 0 Å². The molecule has 0 amide bonds. The van der Waals surface area contributed by atoms with Crippen LogP contribution in [0.4, 0.5) is 0 Å². The van der Waals surface area contributed by atoms with Crippen LogP contribution in [0.1, 0.15) is 11.1 Å². The van der Waals surface area contributed by atoms with Crippen molar-refractivity contribution in [3.63, 3.8) is 0 Å². The number of phenolic OH excluding ortho intramolecular Hbond substituents is 2. The molecular weight excluding hydrogens is 395 g/mol. The number of benzene rings is 2. The van der Waals surface area contributed by atoms with Gasteiger partial charge in [-0.1, -0.05) is 24.3 Å². The Labute approximate surface area is 166 Å². The van der Waals surface area contributed by atoms with Crippen molar-refractivity contribution >= 4 is 11.9 Å². The molecule has 9 heteroatoms. The predicted molar refractivity (Wildman–Crippen MR) is 95.1 cm³/mol. The molecule has 27 heavy (non-hydrogen) atoms. The minimum Gasteiger partial charge on any atom is -0.665 e. The van der Waals surface area contributed by atoms with Crippen LogP contribution in [0.3, 0.4) is 0 Å². The molecule has 6 N–H and O–H groups in total. The number of phenols is 2. The second kappa shape index (κ2) is 11.9. The number of hydrogen-bond acceptors (Lipinski definition) is 4. The summed E-state index contributed by atoms with van der Waals surface area (Å²) in [5.41, 5.74) is 15.8. The SMILES string of the molecule is [Mn+2].[NH-][C@@H](Cc1ccc(O)cc1)C(=O)O.[NH-][C@@H](Cc1ccc(O)cc1)C(=O)O. The van der Waals surface area contributed by atoms with Crippen LogP contribution in [0.15, 0.2) is 48.5 Å². The number of rotatable bonds is 6. The normalized spacial score (nSPS) is 11.9. The van der Waals surface area contributed by atoms with Crippen LogP contribution < -0.4 is 0 Å². The van der Waals surface area contributed by atoms with Crippen molar-refractivity contribution in [3.8, 4) is 11.5 Å². The predicted octanol–water partition coefficient (Wildman–Crippen LogP) is 2.88. The van der Waals surface area contributed by atoms with Gasteiger partial charge in [0.25, 0.3) is 11.9 Å². The van der Waals surface area contributed by atoms with Crippen LogP contribution in [0.2, 0.25) is 0 Å². The molecule has 0 heterocycles. The van der Waals surface area contributed by atoms with Gasteiger partial charge >= 0.3 is 17.1 Å². The van der Waals surface area contributed by atoms with Crippen LogP contribution in [-0.2, 0) is 39.5 Å². The third-order valence-corrected chi connectivity index (χ3v) is 3.35. The molecule has 2 aromatic rings. The third kappa shape index (κ3) is 9.62. The molecule has 8 nitrogen and oxygen atoms in total. The van der Waals surface area contributed by atoms with Crippen molar-refractivity contribution in [1.29, 1.82) is 0 Å². The van der Waals surface area contributed by atoms with Gasteiger partial charge in [0.1, 0.15) is 11.5 Å². The molecule has 0 saturated carbocycles. The molecule has 0 aromatic heterocycles. The molecule has 2 atom stereocenters. The van der Waals surface area contributed by atoms with Gasteiger partial charge in [-0.25, -0.2) is 0 Å². The van der Waals surface area contributed by atoms with E-state index < -0.39 is 24.0 Å². The summed E-state index contributed by atoms with van der Waals surface area (Å²) in [7, 11) is 0. The van der Waals surface area contributed by atoms with Crippen molar-refractivity contribution < 1.29 is 47.1 Å². The quantitative estimate of drug-likeness (QED) is 0.530. The molecule has 0 spiro atoms. The van der Waals surface area contributed by atoms with Crippen LogP contribution in [-0.4, -0.2) is 44.4 Å². The first-order valence-corrected chi connectivity index (χ1v) is 7.62. The fourth-order valence-electron chi connectivity index (χ4n) is 1.91. The molecule has 0 aliphatic rings. The molecule has 0 bridgehead atoms. The molecule has 0 unspecified atom stereocenters. The number of aromatic hydroxyl groups is 2. The van der Waals surface area contributed by atoms with Gasteiger partial charge < -0.3 is 31.9 Å². The summed E-state index contributed by atoms with van der Waals surface area (Å²) < 4.78 is 0. The average molecular weight is 415 g/mol. The van der Waals surface area contributed by atoms with Crippen LogP contribution in [0.25, 0.3) is 11.5 Å². The molecule has 2 aromatic carbocycles. The second-order valence-corrected chi connectivity index (χ2v) is 5.52. The van der Waals surface area contributed by atoms with Gasteiger partial charge in [-0.15, -0.1) is 0 Å². The van der Waals surface area contributed by atoms with Crippen LogP contribution >= 0.6 is 0 Å². The van der Waals surface area contributed by atoms with Gasteiger partial charge in [0.2, 0.25) is 0 Å². The van der Waals surface area contributed by atoms with Crippen LogP contribution in [0, 0.1) is 0 Å².